The Morgan fingerprint density at radius 1 is 0.375 bits per heavy atom. The summed E-state index contributed by atoms with van der Waals surface area (Å²) >= 11 is 1.85. The van der Waals surface area contributed by atoms with Crippen molar-refractivity contribution in [3.05, 3.63) is 221 Å². The number of benzene rings is 7. The van der Waals surface area contributed by atoms with Gasteiger partial charge in [-0.15, -0.1) is 0 Å². The Morgan fingerprint density at radius 3 is 1.06 bits per heavy atom. The molecule has 1 aliphatic heterocycles. The summed E-state index contributed by atoms with van der Waals surface area (Å²) in [5.41, 5.74) is 13.1. The van der Waals surface area contributed by atoms with Crippen molar-refractivity contribution < 1.29 is 0 Å². The number of hydrogen-bond donors (Lipinski definition) is 0. The fourth-order valence-electron chi connectivity index (χ4n) is 6.35. The second-order valence-electron chi connectivity index (χ2n) is 11.8. The van der Waals surface area contributed by atoms with E-state index in [1.807, 2.05) is 11.8 Å². The van der Waals surface area contributed by atoms with Gasteiger partial charge in [0.2, 0.25) is 0 Å². The summed E-state index contributed by atoms with van der Waals surface area (Å²) in [6, 6.07) is 67.1. The van der Waals surface area contributed by atoms with E-state index < -0.39 is 0 Å². The summed E-state index contributed by atoms with van der Waals surface area (Å²) in [6.45, 7) is 0. The number of hydrogen-bond acceptors (Lipinski definition) is 2. The van der Waals surface area contributed by atoms with Crippen molar-refractivity contribution in [2.45, 2.75) is 9.79 Å². The van der Waals surface area contributed by atoms with Gasteiger partial charge in [-0.05, 0) is 93.1 Å². The maximum absolute atomic E-state index is 2.40. The van der Waals surface area contributed by atoms with Crippen LogP contribution >= 0.6 is 11.8 Å². The van der Waals surface area contributed by atoms with Crippen molar-refractivity contribution in [3.63, 3.8) is 0 Å². The van der Waals surface area contributed by atoms with Crippen LogP contribution in [0.2, 0.25) is 0 Å². The largest absolute Gasteiger partial charge is 0.308 e. The highest BCUT2D eigenvalue weighted by Crippen LogP contribution is 2.52. The van der Waals surface area contributed by atoms with Gasteiger partial charge in [-0.2, -0.15) is 0 Å². The topological polar surface area (TPSA) is 3.24 Å². The predicted octanol–water partition coefficient (Wildman–Crippen LogP) is 12.8. The first-order valence-electron chi connectivity index (χ1n) is 16.3. The lowest BCUT2D eigenvalue weighted by atomic mass is 9.95. The van der Waals surface area contributed by atoms with Gasteiger partial charge in [0.05, 0.1) is 11.4 Å². The van der Waals surface area contributed by atoms with E-state index in [0.29, 0.717) is 0 Å². The SMILES string of the molecule is C(=C(c1ccccc1)c1ccccc1)c1ccc2c(c1)Sc1cc(C=C(c3ccccc3)c3ccccc3)ccc1N2c1ccccc1. The first kappa shape index (κ1) is 29.6. The molecule has 0 N–H and O–H groups in total. The van der Waals surface area contributed by atoms with Crippen molar-refractivity contribution >= 4 is 52.1 Å². The van der Waals surface area contributed by atoms with Gasteiger partial charge in [-0.1, -0.05) is 163 Å². The van der Waals surface area contributed by atoms with Crippen LogP contribution in [-0.2, 0) is 0 Å². The average molecular weight is 632 g/mol. The fraction of sp³-hybridized carbons (Fsp3) is 0. The van der Waals surface area contributed by atoms with Crippen molar-refractivity contribution in [2.24, 2.45) is 0 Å². The molecule has 2 heteroatoms. The smallest absolute Gasteiger partial charge is 0.0602 e. The van der Waals surface area contributed by atoms with E-state index in [1.165, 1.54) is 65.7 Å². The molecule has 0 atom stereocenters. The van der Waals surface area contributed by atoms with Crippen molar-refractivity contribution in [1.82, 2.24) is 0 Å². The molecule has 1 heterocycles. The van der Waals surface area contributed by atoms with E-state index in [4.69, 9.17) is 0 Å². The Bertz CT molecular complexity index is 2000. The van der Waals surface area contributed by atoms with Crippen LogP contribution < -0.4 is 4.90 Å². The highest BCUT2D eigenvalue weighted by atomic mass is 32.2. The van der Waals surface area contributed by atoms with Gasteiger partial charge < -0.3 is 4.90 Å². The lowest BCUT2D eigenvalue weighted by Crippen LogP contribution is -2.15. The zero-order valence-corrected chi connectivity index (χ0v) is 27.2. The lowest BCUT2D eigenvalue weighted by molar-refractivity contribution is 1.16. The Hall–Kier alpha value is -5.83. The summed E-state index contributed by atoms with van der Waals surface area (Å²) in [4.78, 5) is 4.85. The summed E-state index contributed by atoms with van der Waals surface area (Å²) in [5, 5.41) is 0. The van der Waals surface area contributed by atoms with E-state index >= 15 is 0 Å². The second-order valence-corrected chi connectivity index (χ2v) is 12.9. The van der Waals surface area contributed by atoms with Crippen LogP contribution in [0.4, 0.5) is 17.1 Å². The van der Waals surface area contributed by atoms with Crippen molar-refractivity contribution in [2.75, 3.05) is 4.90 Å². The molecule has 8 rings (SSSR count). The molecule has 1 nitrogen and oxygen atoms in total. The standard InChI is InChI=1S/C46H33NS/c1-6-16-36(17-7-1)41(37-18-8-2-9-19-37)30-34-26-28-43-45(32-34)48-46-33-35(27-29-44(46)47(43)40-24-14-5-15-25-40)31-42(38-20-10-3-11-21-38)39-22-12-4-13-23-39/h1-33H. The Balaban J connectivity index is 1.24. The molecule has 0 aromatic heterocycles. The Kier molecular flexibility index (Phi) is 8.31. The molecular weight excluding hydrogens is 599 g/mol. The molecule has 7 aromatic carbocycles. The van der Waals surface area contributed by atoms with Crippen LogP contribution in [0.25, 0.3) is 23.3 Å². The van der Waals surface area contributed by atoms with E-state index in [1.54, 1.807) is 0 Å². The molecule has 0 amide bonds. The van der Waals surface area contributed by atoms with Crippen LogP contribution in [0.15, 0.2) is 198 Å². The summed E-state index contributed by atoms with van der Waals surface area (Å²) in [7, 11) is 0. The van der Waals surface area contributed by atoms with E-state index in [0.717, 1.165) is 5.69 Å². The third-order valence-electron chi connectivity index (χ3n) is 8.65. The molecule has 0 aliphatic carbocycles. The molecule has 1 aliphatic rings. The average Bonchev–Trinajstić information content (AvgIpc) is 3.16. The zero-order chi connectivity index (χ0) is 32.1. The maximum atomic E-state index is 2.40. The predicted molar refractivity (Wildman–Crippen MR) is 205 cm³/mol. The van der Waals surface area contributed by atoms with Gasteiger partial charge in [-0.3, -0.25) is 0 Å². The molecule has 0 spiro atoms. The van der Waals surface area contributed by atoms with Gasteiger partial charge in [-0.25, -0.2) is 0 Å². The Morgan fingerprint density at radius 2 is 0.708 bits per heavy atom. The number of rotatable bonds is 7. The van der Waals surface area contributed by atoms with Crippen molar-refractivity contribution in [1.29, 1.82) is 0 Å². The first-order valence-corrected chi connectivity index (χ1v) is 17.1. The van der Waals surface area contributed by atoms with Crippen LogP contribution in [-0.4, -0.2) is 0 Å². The van der Waals surface area contributed by atoms with E-state index in [9.17, 15) is 0 Å². The molecule has 48 heavy (non-hydrogen) atoms. The fourth-order valence-corrected chi connectivity index (χ4v) is 7.50. The number of fused-ring (bicyclic) bond motifs is 2. The molecule has 0 unspecified atom stereocenters. The van der Waals surface area contributed by atoms with Crippen LogP contribution in [0.3, 0.4) is 0 Å². The molecule has 0 saturated heterocycles. The molecule has 7 aromatic rings. The molecular formula is C46H33NS. The first-order chi connectivity index (χ1) is 23.8. The normalized spacial score (nSPS) is 11.6. The van der Waals surface area contributed by atoms with Gasteiger partial charge in [0.1, 0.15) is 0 Å². The molecule has 0 saturated carbocycles. The summed E-state index contributed by atoms with van der Waals surface area (Å²) in [5.74, 6) is 0. The molecule has 228 valence electrons. The number of anilines is 3. The van der Waals surface area contributed by atoms with E-state index in [2.05, 4.69) is 205 Å². The number of para-hydroxylation sites is 1. The van der Waals surface area contributed by atoms with Crippen LogP contribution in [0, 0.1) is 0 Å². The summed E-state index contributed by atoms with van der Waals surface area (Å²) in [6.07, 6.45) is 4.64. The molecule has 0 fully saturated rings. The van der Waals surface area contributed by atoms with Gasteiger partial charge in [0.25, 0.3) is 0 Å². The molecule has 0 bridgehead atoms. The minimum absolute atomic E-state index is 1.15. The van der Waals surface area contributed by atoms with Crippen LogP contribution in [0.1, 0.15) is 33.4 Å². The summed E-state index contributed by atoms with van der Waals surface area (Å²) < 4.78 is 0. The van der Waals surface area contributed by atoms with Gasteiger partial charge >= 0.3 is 0 Å². The second kappa shape index (κ2) is 13.5. The van der Waals surface area contributed by atoms with Crippen LogP contribution in [0.5, 0.6) is 0 Å². The Labute approximate surface area is 287 Å². The maximum Gasteiger partial charge on any atom is 0.0602 e. The minimum Gasteiger partial charge on any atom is -0.308 e. The number of nitrogens with zero attached hydrogens (tertiary/aromatic N) is 1. The quantitative estimate of drug-likeness (QED) is 0.161. The highest BCUT2D eigenvalue weighted by molar-refractivity contribution is 7.99. The third-order valence-corrected chi connectivity index (χ3v) is 9.74. The zero-order valence-electron chi connectivity index (χ0n) is 26.4. The lowest BCUT2D eigenvalue weighted by Gasteiger charge is -2.33. The van der Waals surface area contributed by atoms with Gasteiger partial charge in [0.15, 0.2) is 0 Å². The molecule has 0 radical (unpaired) electrons. The minimum atomic E-state index is 1.15. The monoisotopic (exact) mass is 631 g/mol. The van der Waals surface area contributed by atoms with Gasteiger partial charge in [0, 0.05) is 15.5 Å². The highest BCUT2D eigenvalue weighted by Gasteiger charge is 2.25. The van der Waals surface area contributed by atoms with Crippen molar-refractivity contribution in [3.8, 4) is 0 Å². The third kappa shape index (κ3) is 6.14. The van der Waals surface area contributed by atoms with E-state index in [-0.39, 0.29) is 0 Å².